The fraction of sp³-hybridized carbons (Fsp3) is 0.0714. The van der Waals surface area contributed by atoms with Crippen LogP contribution in [0.25, 0.3) is 0 Å². The van der Waals surface area contributed by atoms with Gasteiger partial charge in [0.1, 0.15) is 5.82 Å². The second-order valence-electron chi connectivity index (χ2n) is 3.97. The summed E-state index contributed by atoms with van der Waals surface area (Å²) in [6.07, 6.45) is 0. The Morgan fingerprint density at radius 3 is 2.53 bits per heavy atom. The summed E-state index contributed by atoms with van der Waals surface area (Å²) in [5.74, 6) is -0.498. The van der Waals surface area contributed by atoms with Crippen LogP contribution in [-0.2, 0) is 6.54 Å². The first-order chi connectivity index (χ1) is 9.06. The maximum absolute atomic E-state index is 12.7. The van der Waals surface area contributed by atoms with Gasteiger partial charge in [0, 0.05) is 15.9 Å². The number of carbonyl (C=O) groups is 1. The van der Waals surface area contributed by atoms with E-state index in [2.05, 4.69) is 33.9 Å². The molecule has 19 heavy (non-hydrogen) atoms. The van der Waals surface area contributed by atoms with Gasteiger partial charge in [-0.15, -0.1) is 12.6 Å². The van der Waals surface area contributed by atoms with E-state index >= 15 is 0 Å². The molecular weight excluding hydrogens is 329 g/mol. The number of thiol groups is 1. The van der Waals surface area contributed by atoms with E-state index in [0.717, 1.165) is 10.0 Å². The summed E-state index contributed by atoms with van der Waals surface area (Å²) in [7, 11) is 0. The highest BCUT2D eigenvalue weighted by Crippen LogP contribution is 2.19. The summed E-state index contributed by atoms with van der Waals surface area (Å²) in [6, 6.07) is 11.3. The second kappa shape index (κ2) is 6.21. The number of hydrogen-bond acceptors (Lipinski definition) is 2. The molecule has 2 rings (SSSR count). The smallest absolute Gasteiger partial charge is 0.252 e. The molecule has 98 valence electrons. The molecule has 1 amide bonds. The van der Waals surface area contributed by atoms with Gasteiger partial charge in [-0.3, -0.25) is 4.79 Å². The Morgan fingerprint density at radius 1 is 1.21 bits per heavy atom. The lowest BCUT2D eigenvalue weighted by atomic mass is 10.2. The molecule has 0 fully saturated rings. The number of carbonyl (C=O) groups excluding carboxylic acids is 1. The molecule has 2 aromatic rings. The Hall–Kier alpha value is -1.33. The molecule has 0 heterocycles. The van der Waals surface area contributed by atoms with Crippen molar-refractivity contribution in [2.24, 2.45) is 0 Å². The van der Waals surface area contributed by atoms with Crippen LogP contribution in [0.2, 0.25) is 0 Å². The number of rotatable bonds is 3. The van der Waals surface area contributed by atoms with Crippen molar-refractivity contribution in [2.45, 2.75) is 11.4 Å². The first-order valence-corrected chi connectivity index (χ1v) is 6.81. The van der Waals surface area contributed by atoms with Gasteiger partial charge in [-0.25, -0.2) is 4.39 Å². The molecule has 0 saturated carbocycles. The molecule has 2 aromatic carbocycles. The molecule has 0 spiro atoms. The summed E-state index contributed by atoms with van der Waals surface area (Å²) in [5.41, 5.74) is 1.35. The first kappa shape index (κ1) is 14.1. The maximum atomic E-state index is 12.7. The Balaban J connectivity index is 2.03. The van der Waals surface area contributed by atoms with Gasteiger partial charge >= 0.3 is 0 Å². The third-order valence-corrected chi connectivity index (χ3v) is 3.43. The van der Waals surface area contributed by atoms with E-state index in [9.17, 15) is 9.18 Å². The van der Waals surface area contributed by atoms with Crippen LogP contribution in [-0.4, -0.2) is 5.91 Å². The zero-order valence-electron chi connectivity index (χ0n) is 9.86. The SMILES string of the molecule is O=C(NCc1ccc(F)cc1)c1ccc(Br)cc1S. The molecule has 0 aromatic heterocycles. The molecule has 1 N–H and O–H groups in total. The minimum atomic E-state index is -0.291. The molecule has 0 atom stereocenters. The van der Waals surface area contributed by atoms with E-state index in [1.54, 1.807) is 30.3 Å². The third-order valence-electron chi connectivity index (χ3n) is 2.57. The molecule has 5 heteroatoms. The Labute approximate surface area is 124 Å². The fourth-order valence-electron chi connectivity index (χ4n) is 1.58. The van der Waals surface area contributed by atoms with E-state index in [0.29, 0.717) is 17.0 Å². The van der Waals surface area contributed by atoms with Gasteiger partial charge in [-0.1, -0.05) is 28.1 Å². The molecule has 0 saturated heterocycles. The topological polar surface area (TPSA) is 29.1 Å². The van der Waals surface area contributed by atoms with Crippen molar-refractivity contribution in [3.8, 4) is 0 Å². The number of nitrogens with one attached hydrogen (secondary N) is 1. The molecule has 2 nitrogen and oxygen atoms in total. The standard InChI is InChI=1S/C14H11BrFNOS/c15-10-3-6-12(13(19)7-10)14(18)17-8-9-1-4-11(16)5-2-9/h1-7,19H,8H2,(H,17,18). The third kappa shape index (κ3) is 3.81. The first-order valence-electron chi connectivity index (χ1n) is 5.57. The fourth-order valence-corrected chi connectivity index (χ4v) is 2.43. The zero-order chi connectivity index (χ0) is 13.8. The normalized spacial score (nSPS) is 10.3. The lowest BCUT2D eigenvalue weighted by molar-refractivity contribution is 0.0948. The lowest BCUT2D eigenvalue weighted by Gasteiger charge is -2.07. The van der Waals surface area contributed by atoms with Crippen molar-refractivity contribution in [3.63, 3.8) is 0 Å². The van der Waals surface area contributed by atoms with Crippen molar-refractivity contribution >= 4 is 34.5 Å². The van der Waals surface area contributed by atoms with Crippen LogP contribution >= 0.6 is 28.6 Å². The van der Waals surface area contributed by atoms with Crippen LogP contribution < -0.4 is 5.32 Å². The quantitative estimate of drug-likeness (QED) is 0.818. The summed E-state index contributed by atoms with van der Waals surface area (Å²) in [4.78, 5) is 12.6. The average molecular weight is 340 g/mol. The molecule has 0 aliphatic carbocycles. The van der Waals surface area contributed by atoms with Gasteiger partial charge in [0.25, 0.3) is 5.91 Å². The summed E-state index contributed by atoms with van der Waals surface area (Å²) < 4.78 is 13.6. The maximum Gasteiger partial charge on any atom is 0.252 e. The van der Waals surface area contributed by atoms with Gasteiger partial charge in [0.05, 0.1) is 5.56 Å². The predicted molar refractivity (Wildman–Crippen MR) is 79.0 cm³/mol. The second-order valence-corrected chi connectivity index (χ2v) is 5.37. The van der Waals surface area contributed by atoms with Crippen molar-refractivity contribution in [3.05, 3.63) is 63.9 Å². The summed E-state index contributed by atoms with van der Waals surface area (Å²) >= 11 is 7.57. The highest BCUT2D eigenvalue weighted by molar-refractivity contribution is 9.10. The number of benzene rings is 2. The molecule has 0 aliphatic rings. The lowest BCUT2D eigenvalue weighted by Crippen LogP contribution is -2.23. The monoisotopic (exact) mass is 339 g/mol. The molecule has 0 bridgehead atoms. The van der Waals surface area contributed by atoms with Crippen LogP contribution in [0, 0.1) is 5.82 Å². The molecule has 0 radical (unpaired) electrons. The van der Waals surface area contributed by atoms with Crippen molar-refractivity contribution in [1.82, 2.24) is 5.32 Å². The van der Waals surface area contributed by atoms with Crippen molar-refractivity contribution < 1.29 is 9.18 Å². The Kier molecular flexibility index (Phi) is 4.61. The highest BCUT2D eigenvalue weighted by atomic mass is 79.9. The Bertz CT molecular complexity index is 601. The van der Waals surface area contributed by atoms with E-state index in [1.807, 2.05) is 0 Å². The predicted octanol–water partition coefficient (Wildman–Crippen LogP) is 3.81. The molecule has 0 aliphatic heterocycles. The van der Waals surface area contributed by atoms with E-state index in [1.165, 1.54) is 12.1 Å². The van der Waals surface area contributed by atoms with Crippen LogP contribution in [0.3, 0.4) is 0 Å². The zero-order valence-corrected chi connectivity index (χ0v) is 12.3. The van der Waals surface area contributed by atoms with Crippen LogP contribution in [0.15, 0.2) is 51.8 Å². The van der Waals surface area contributed by atoms with Gasteiger partial charge in [0.15, 0.2) is 0 Å². The van der Waals surface area contributed by atoms with E-state index in [-0.39, 0.29) is 11.7 Å². The number of halogens is 2. The van der Waals surface area contributed by atoms with Crippen LogP contribution in [0.5, 0.6) is 0 Å². The van der Waals surface area contributed by atoms with Gasteiger partial charge < -0.3 is 5.32 Å². The summed E-state index contributed by atoms with van der Waals surface area (Å²) in [6.45, 7) is 0.350. The van der Waals surface area contributed by atoms with Gasteiger partial charge in [-0.2, -0.15) is 0 Å². The van der Waals surface area contributed by atoms with Crippen LogP contribution in [0.1, 0.15) is 15.9 Å². The number of hydrogen-bond donors (Lipinski definition) is 2. The molecular formula is C14H11BrFNOS. The van der Waals surface area contributed by atoms with Gasteiger partial charge in [-0.05, 0) is 35.9 Å². The van der Waals surface area contributed by atoms with Crippen LogP contribution in [0.4, 0.5) is 4.39 Å². The van der Waals surface area contributed by atoms with Gasteiger partial charge in [0.2, 0.25) is 0 Å². The molecule has 0 unspecified atom stereocenters. The van der Waals surface area contributed by atoms with Crippen molar-refractivity contribution in [1.29, 1.82) is 0 Å². The van der Waals surface area contributed by atoms with Crippen molar-refractivity contribution in [2.75, 3.05) is 0 Å². The average Bonchev–Trinajstić information content (AvgIpc) is 2.37. The minimum absolute atomic E-state index is 0.207. The van der Waals surface area contributed by atoms with E-state index in [4.69, 9.17) is 0 Å². The largest absolute Gasteiger partial charge is 0.348 e. The summed E-state index contributed by atoms with van der Waals surface area (Å²) in [5, 5.41) is 2.77. The minimum Gasteiger partial charge on any atom is -0.348 e. The Morgan fingerprint density at radius 2 is 1.89 bits per heavy atom. The van der Waals surface area contributed by atoms with E-state index < -0.39 is 0 Å². The number of amides is 1. The highest BCUT2D eigenvalue weighted by Gasteiger charge is 2.09.